The first-order valence-corrected chi connectivity index (χ1v) is 6.21. The molecule has 0 fully saturated rings. The van der Waals surface area contributed by atoms with Crippen LogP contribution in [-0.4, -0.2) is 21.9 Å². The maximum Gasteiger partial charge on any atom is 0.148 e. The van der Waals surface area contributed by atoms with Crippen molar-refractivity contribution in [2.45, 2.75) is 53.1 Å². The Kier molecular flexibility index (Phi) is 3.87. The Morgan fingerprint density at radius 3 is 2.35 bits per heavy atom. The quantitative estimate of drug-likeness (QED) is 0.829. The average molecular weight is 238 g/mol. The van der Waals surface area contributed by atoms with E-state index < -0.39 is 0 Å². The van der Waals surface area contributed by atoms with Gasteiger partial charge in [-0.25, -0.2) is 0 Å². The molecule has 0 unspecified atom stereocenters. The SMILES string of the molecule is CC(C)n1ccc(NCC(C)(C)C(C)(C)N)n1. The first-order valence-electron chi connectivity index (χ1n) is 6.21. The van der Waals surface area contributed by atoms with E-state index in [0.29, 0.717) is 6.04 Å². The van der Waals surface area contributed by atoms with Gasteiger partial charge in [0.2, 0.25) is 0 Å². The molecule has 0 saturated carbocycles. The van der Waals surface area contributed by atoms with Crippen molar-refractivity contribution in [2.75, 3.05) is 11.9 Å². The minimum Gasteiger partial charge on any atom is -0.368 e. The molecule has 0 spiro atoms. The molecule has 0 saturated heterocycles. The second-order valence-electron chi connectivity index (χ2n) is 6.23. The van der Waals surface area contributed by atoms with Crippen LogP contribution in [-0.2, 0) is 0 Å². The molecule has 0 aliphatic rings. The van der Waals surface area contributed by atoms with Gasteiger partial charge < -0.3 is 11.1 Å². The van der Waals surface area contributed by atoms with Gasteiger partial charge in [0, 0.05) is 30.4 Å². The van der Waals surface area contributed by atoms with Crippen molar-refractivity contribution >= 4 is 5.82 Å². The highest BCUT2D eigenvalue weighted by Crippen LogP contribution is 2.28. The van der Waals surface area contributed by atoms with E-state index >= 15 is 0 Å². The maximum absolute atomic E-state index is 6.17. The summed E-state index contributed by atoms with van der Waals surface area (Å²) in [5.41, 5.74) is 5.95. The van der Waals surface area contributed by atoms with E-state index in [0.717, 1.165) is 12.4 Å². The van der Waals surface area contributed by atoms with Crippen LogP contribution >= 0.6 is 0 Å². The van der Waals surface area contributed by atoms with Gasteiger partial charge in [0.15, 0.2) is 0 Å². The van der Waals surface area contributed by atoms with Crippen LogP contribution in [0.2, 0.25) is 0 Å². The summed E-state index contributed by atoms with van der Waals surface area (Å²) in [4.78, 5) is 0. The van der Waals surface area contributed by atoms with Crippen molar-refractivity contribution in [3.05, 3.63) is 12.3 Å². The smallest absolute Gasteiger partial charge is 0.148 e. The molecule has 0 aromatic carbocycles. The van der Waals surface area contributed by atoms with Gasteiger partial charge in [-0.1, -0.05) is 13.8 Å². The van der Waals surface area contributed by atoms with Crippen LogP contribution in [0.15, 0.2) is 12.3 Å². The molecule has 0 aliphatic carbocycles. The van der Waals surface area contributed by atoms with Crippen LogP contribution < -0.4 is 11.1 Å². The molecule has 0 bridgehead atoms. The van der Waals surface area contributed by atoms with Gasteiger partial charge in [0.05, 0.1) is 0 Å². The summed E-state index contributed by atoms with van der Waals surface area (Å²) in [6.45, 7) is 13.5. The molecule has 0 amide bonds. The van der Waals surface area contributed by atoms with Crippen LogP contribution in [0.4, 0.5) is 5.82 Å². The van der Waals surface area contributed by atoms with Crippen LogP contribution in [0.5, 0.6) is 0 Å². The summed E-state index contributed by atoms with van der Waals surface area (Å²) in [7, 11) is 0. The predicted molar refractivity (Wildman–Crippen MR) is 73.1 cm³/mol. The van der Waals surface area contributed by atoms with E-state index in [1.807, 2.05) is 16.9 Å². The molecule has 3 N–H and O–H groups in total. The Hall–Kier alpha value is -1.03. The molecule has 4 heteroatoms. The lowest BCUT2D eigenvalue weighted by molar-refractivity contribution is 0.219. The molecule has 0 radical (unpaired) electrons. The van der Waals surface area contributed by atoms with Gasteiger partial charge in [-0.15, -0.1) is 0 Å². The minimum atomic E-state index is -0.222. The molecular formula is C13H26N4. The van der Waals surface area contributed by atoms with Gasteiger partial charge in [-0.2, -0.15) is 5.10 Å². The number of nitrogens with zero attached hydrogens (tertiary/aromatic N) is 2. The normalized spacial score (nSPS) is 13.2. The van der Waals surface area contributed by atoms with E-state index in [1.165, 1.54) is 0 Å². The fourth-order valence-electron chi connectivity index (χ4n) is 1.26. The lowest BCUT2D eigenvalue weighted by atomic mass is 9.75. The zero-order valence-electron chi connectivity index (χ0n) is 11.9. The van der Waals surface area contributed by atoms with E-state index in [4.69, 9.17) is 5.73 Å². The minimum absolute atomic E-state index is 0.00854. The Morgan fingerprint density at radius 1 is 1.35 bits per heavy atom. The average Bonchev–Trinajstić information content (AvgIpc) is 2.61. The van der Waals surface area contributed by atoms with Gasteiger partial charge in [-0.05, 0) is 33.1 Å². The summed E-state index contributed by atoms with van der Waals surface area (Å²) in [6, 6.07) is 2.39. The molecule has 0 aliphatic heterocycles. The molecule has 17 heavy (non-hydrogen) atoms. The molecule has 4 nitrogen and oxygen atoms in total. The van der Waals surface area contributed by atoms with E-state index in [-0.39, 0.29) is 11.0 Å². The van der Waals surface area contributed by atoms with E-state index in [9.17, 15) is 0 Å². The van der Waals surface area contributed by atoms with Crippen LogP contribution in [0.25, 0.3) is 0 Å². The monoisotopic (exact) mass is 238 g/mol. The standard InChI is InChI=1S/C13H26N4/c1-10(2)17-8-7-11(16-17)15-9-12(3,4)13(5,6)14/h7-8,10H,9,14H2,1-6H3,(H,15,16). The Labute approximate surface area is 105 Å². The zero-order valence-corrected chi connectivity index (χ0v) is 11.9. The summed E-state index contributed by atoms with van der Waals surface area (Å²) in [5, 5.41) is 7.81. The van der Waals surface area contributed by atoms with Crippen molar-refractivity contribution in [3.63, 3.8) is 0 Å². The lowest BCUT2D eigenvalue weighted by Gasteiger charge is -2.38. The van der Waals surface area contributed by atoms with Crippen LogP contribution in [0.1, 0.15) is 47.6 Å². The van der Waals surface area contributed by atoms with Gasteiger partial charge in [0.25, 0.3) is 0 Å². The maximum atomic E-state index is 6.17. The third kappa shape index (κ3) is 3.46. The highest BCUT2D eigenvalue weighted by molar-refractivity contribution is 5.32. The van der Waals surface area contributed by atoms with Crippen molar-refractivity contribution in [1.82, 2.24) is 9.78 Å². The molecule has 98 valence electrons. The first kappa shape index (κ1) is 14.0. The Morgan fingerprint density at radius 2 is 1.94 bits per heavy atom. The third-order valence-corrected chi connectivity index (χ3v) is 3.59. The van der Waals surface area contributed by atoms with Gasteiger partial charge in [0.1, 0.15) is 5.82 Å². The molecule has 0 atom stereocenters. The van der Waals surface area contributed by atoms with Crippen LogP contribution in [0, 0.1) is 5.41 Å². The summed E-state index contributed by atoms with van der Waals surface area (Å²) in [6.07, 6.45) is 1.99. The number of aromatic nitrogens is 2. The second-order valence-corrected chi connectivity index (χ2v) is 6.23. The first-order chi connectivity index (χ1) is 7.63. The van der Waals surface area contributed by atoms with Gasteiger partial charge >= 0.3 is 0 Å². The highest BCUT2D eigenvalue weighted by Gasteiger charge is 2.33. The third-order valence-electron chi connectivity index (χ3n) is 3.59. The second kappa shape index (κ2) is 4.69. The summed E-state index contributed by atoms with van der Waals surface area (Å²) < 4.78 is 1.95. The van der Waals surface area contributed by atoms with Gasteiger partial charge in [-0.3, -0.25) is 4.68 Å². The topological polar surface area (TPSA) is 55.9 Å². The number of nitrogens with one attached hydrogen (secondary N) is 1. The largest absolute Gasteiger partial charge is 0.368 e. The molecule has 1 rings (SSSR count). The van der Waals surface area contributed by atoms with Crippen molar-refractivity contribution in [2.24, 2.45) is 11.1 Å². The molecular weight excluding hydrogens is 212 g/mol. The summed E-state index contributed by atoms with van der Waals surface area (Å²) in [5.74, 6) is 0.913. The molecule has 1 aromatic rings. The number of hydrogen-bond acceptors (Lipinski definition) is 3. The number of anilines is 1. The fourth-order valence-corrected chi connectivity index (χ4v) is 1.26. The predicted octanol–water partition coefficient (Wildman–Crippen LogP) is 2.64. The number of hydrogen-bond donors (Lipinski definition) is 2. The van der Waals surface area contributed by atoms with E-state index in [2.05, 4.69) is 52.0 Å². The van der Waals surface area contributed by atoms with Crippen LogP contribution in [0.3, 0.4) is 0 Å². The molecule has 1 aromatic heterocycles. The zero-order chi connectivity index (χ0) is 13.3. The Balaban J connectivity index is 2.61. The Bertz CT molecular complexity index is 358. The summed E-state index contributed by atoms with van der Waals surface area (Å²) >= 11 is 0. The molecule has 1 heterocycles. The fraction of sp³-hybridized carbons (Fsp3) is 0.769. The van der Waals surface area contributed by atoms with Crippen molar-refractivity contribution < 1.29 is 0 Å². The lowest BCUT2D eigenvalue weighted by Crippen LogP contribution is -2.50. The van der Waals surface area contributed by atoms with E-state index in [1.54, 1.807) is 0 Å². The number of nitrogens with two attached hydrogens (primary N) is 1. The van der Waals surface area contributed by atoms with Crippen molar-refractivity contribution in [1.29, 1.82) is 0 Å². The van der Waals surface area contributed by atoms with Crippen molar-refractivity contribution in [3.8, 4) is 0 Å². The number of rotatable bonds is 5. The highest BCUT2D eigenvalue weighted by atomic mass is 15.3.